The van der Waals surface area contributed by atoms with E-state index < -0.39 is 0 Å². The molecule has 0 aliphatic carbocycles. The molecule has 1 aromatic carbocycles. The molecule has 0 aliphatic rings. The van der Waals surface area contributed by atoms with Gasteiger partial charge in [0.1, 0.15) is 5.82 Å². The Balaban J connectivity index is 2.39. The molecule has 2 rings (SSSR count). The Bertz CT molecular complexity index is 619. The van der Waals surface area contributed by atoms with Crippen LogP contribution in [0.1, 0.15) is 11.3 Å². The van der Waals surface area contributed by atoms with Gasteiger partial charge in [0, 0.05) is 16.3 Å². The highest BCUT2D eigenvalue weighted by molar-refractivity contribution is 9.10. The van der Waals surface area contributed by atoms with Gasteiger partial charge in [-0.15, -0.1) is 0 Å². The largest absolute Gasteiger partial charge is 0.390 e. The van der Waals surface area contributed by atoms with Gasteiger partial charge >= 0.3 is 0 Å². The SMILES string of the molecule is N=Cc1c(Cl)cc(Br)cc1Nc1cccc(CO)n1. The van der Waals surface area contributed by atoms with Gasteiger partial charge in [-0.2, -0.15) is 0 Å². The van der Waals surface area contributed by atoms with E-state index in [0.29, 0.717) is 27.8 Å². The van der Waals surface area contributed by atoms with Crippen molar-refractivity contribution in [3.8, 4) is 0 Å². The van der Waals surface area contributed by atoms with Gasteiger partial charge < -0.3 is 15.8 Å². The first-order chi connectivity index (χ1) is 9.13. The number of aromatic nitrogens is 1. The summed E-state index contributed by atoms with van der Waals surface area (Å²) in [7, 11) is 0. The molecule has 0 radical (unpaired) electrons. The van der Waals surface area contributed by atoms with Crippen molar-refractivity contribution in [2.45, 2.75) is 6.61 Å². The maximum Gasteiger partial charge on any atom is 0.130 e. The Labute approximate surface area is 124 Å². The van der Waals surface area contributed by atoms with Crippen LogP contribution in [-0.4, -0.2) is 16.3 Å². The van der Waals surface area contributed by atoms with Crippen LogP contribution in [0.4, 0.5) is 11.5 Å². The van der Waals surface area contributed by atoms with E-state index in [1.165, 1.54) is 6.21 Å². The second-order valence-corrected chi connectivity index (χ2v) is 5.11. The summed E-state index contributed by atoms with van der Waals surface area (Å²) in [6.07, 6.45) is 1.19. The summed E-state index contributed by atoms with van der Waals surface area (Å²) in [6.45, 7) is -0.119. The summed E-state index contributed by atoms with van der Waals surface area (Å²) >= 11 is 9.44. The van der Waals surface area contributed by atoms with E-state index in [1.807, 2.05) is 6.07 Å². The number of hydrogen-bond acceptors (Lipinski definition) is 4. The molecule has 0 saturated heterocycles. The molecule has 0 atom stereocenters. The predicted molar refractivity (Wildman–Crippen MR) is 80.5 cm³/mol. The Morgan fingerprint density at radius 3 is 2.89 bits per heavy atom. The number of anilines is 2. The topological polar surface area (TPSA) is 69.0 Å². The van der Waals surface area contributed by atoms with Crippen LogP contribution in [0, 0.1) is 5.41 Å². The highest BCUT2D eigenvalue weighted by Gasteiger charge is 2.08. The number of rotatable bonds is 4. The molecule has 0 aliphatic heterocycles. The molecular weight excluding hydrogens is 330 g/mol. The first-order valence-electron chi connectivity index (χ1n) is 5.47. The van der Waals surface area contributed by atoms with Crippen molar-refractivity contribution in [2.75, 3.05) is 5.32 Å². The van der Waals surface area contributed by atoms with Crippen molar-refractivity contribution >= 4 is 45.3 Å². The molecule has 1 heterocycles. The van der Waals surface area contributed by atoms with E-state index in [-0.39, 0.29) is 6.61 Å². The number of benzene rings is 1. The van der Waals surface area contributed by atoms with Crippen LogP contribution >= 0.6 is 27.5 Å². The fourth-order valence-corrected chi connectivity index (χ4v) is 2.47. The standard InChI is InChI=1S/C13H11BrClN3O/c14-8-4-11(15)10(6-16)12(5-8)18-13-3-1-2-9(7-19)17-13/h1-6,16,19H,7H2,(H,17,18). The summed E-state index contributed by atoms with van der Waals surface area (Å²) in [4.78, 5) is 4.23. The van der Waals surface area contributed by atoms with Gasteiger partial charge in [0.2, 0.25) is 0 Å². The van der Waals surface area contributed by atoms with Crippen molar-refractivity contribution in [2.24, 2.45) is 0 Å². The van der Waals surface area contributed by atoms with E-state index in [9.17, 15) is 0 Å². The van der Waals surface area contributed by atoms with Crippen molar-refractivity contribution in [3.63, 3.8) is 0 Å². The molecule has 0 amide bonds. The average molecular weight is 341 g/mol. The molecule has 0 unspecified atom stereocenters. The van der Waals surface area contributed by atoms with Crippen LogP contribution in [0.2, 0.25) is 5.02 Å². The van der Waals surface area contributed by atoms with Crippen molar-refractivity contribution in [3.05, 3.63) is 51.1 Å². The lowest BCUT2D eigenvalue weighted by Gasteiger charge is -2.11. The molecule has 4 nitrogen and oxygen atoms in total. The van der Waals surface area contributed by atoms with Crippen LogP contribution in [-0.2, 0) is 6.61 Å². The Hall–Kier alpha value is -1.43. The zero-order valence-corrected chi connectivity index (χ0v) is 12.2. The van der Waals surface area contributed by atoms with Gasteiger partial charge in [-0.05, 0) is 24.3 Å². The van der Waals surface area contributed by atoms with E-state index in [0.717, 1.165) is 4.47 Å². The predicted octanol–water partition coefficient (Wildman–Crippen LogP) is 3.73. The van der Waals surface area contributed by atoms with Crippen LogP contribution < -0.4 is 5.32 Å². The third kappa shape index (κ3) is 3.32. The van der Waals surface area contributed by atoms with E-state index in [1.54, 1.807) is 24.3 Å². The number of nitrogens with one attached hydrogen (secondary N) is 2. The van der Waals surface area contributed by atoms with Crippen LogP contribution in [0.5, 0.6) is 0 Å². The fraction of sp³-hybridized carbons (Fsp3) is 0.0769. The Morgan fingerprint density at radius 2 is 2.21 bits per heavy atom. The maximum atomic E-state index is 9.06. The van der Waals surface area contributed by atoms with Gasteiger partial charge in [-0.3, -0.25) is 0 Å². The van der Waals surface area contributed by atoms with Gasteiger partial charge in [0.15, 0.2) is 0 Å². The van der Waals surface area contributed by atoms with Crippen molar-refractivity contribution in [1.29, 1.82) is 5.41 Å². The summed E-state index contributed by atoms with van der Waals surface area (Å²) in [5.41, 5.74) is 1.83. The highest BCUT2D eigenvalue weighted by Crippen LogP contribution is 2.29. The molecular formula is C13H11BrClN3O. The number of pyridine rings is 1. The minimum absolute atomic E-state index is 0.119. The molecule has 0 bridgehead atoms. The minimum atomic E-state index is -0.119. The van der Waals surface area contributed by atoms with Crippen LogP contribution in [0.3, 0.4) is 0 Å². The van der Waals surface area contributed by atoms with Gasteiger partial charge in [-0.25, -0.2) is 4.98 Å². The van der Waals surface area contributed by atoms with Gasteiger partial charge in [0.05, 0.1) is 23.0 Å². The smallest absolute Gasteiger partial charge is 0.130 e. The second kappa shape index (κ2) is 6.14. The molecule has 3 N–H and O–H groups in total. The van der Waals surface area contributed by atoms with E-state index >= 15 is 0 Å². The molecule has 2 aromatic rings. The summed E-state index contributed by atoms with van der Waals surface area (Å²) < 4.78 is 0.809. The van der Waals surface area contributed by atoms with Crippen molar-refractivity contribution < 1.29 is 5.11 Å². The van der Waals surface area contributed by atoms with Gasteiger partial charge in [0.25, 0.3) is 0 Å². The third-order valence-electron chi connectivity index (χ3n) is 2.47. The third-order valence-corrected chi connectivity index (χ3v) is 3.24. The zero-order chi connectivity index (χ0) is 13.8. The van der Waals surface area contributed by atoms with Crippen molar-refractivity contribution in [1.82, 2.24) is 4.98 Å². The number of aliphatic hydroxyl groups excluding tert-OH is 1. The zero-order valence-electron chi connectivity index (χ0n) is 9.82. The molecule has 1 aromatic heterocycles. The normalized spacial score (nSPS) is 10.3. The Kier molecular flexibility index (Phi) is 4.52. The van der Waals surface area contributed by atoms with Crippen LogP contribution in [0.25, 0.3) is 0 Å². The minimum Gasteiger partial charge on any atom is -0.390 e. The average Bonchev–Trinajstić information content (AvgIpc) is 2.38. The van der Waals surface area contributed by atoms with E-state index in [2.05, 4.69) is 26.2 Å². The number of aliphatic hydroxyl groups is 1. The first-order valence-corrected chi connectivity index (χ1v) is 6.64. The first kappa shape index (κ1) is 14.0. The quantitative estimate of drug-likeness (QED) is 0.743. The number of hydrogen-bond donors (Lipinski definition) is 3. The molecule has 6 heteroatoms. The lowest BCUT2D eigenvalue weighted by molar-refractivity contribution is 0.277. The van der Waals surface area contributed by atoms with E-state index in [4.69, 9.17) is 22.1 Å². The number of nitrogens with zero attached hydrogens (tertiary/aromatic N) is 1. The molecule has 19 heavy (non-hydrogen) atoms. The van der Waals surface area contributed by atoms with Crippen LogP contribution in [0.15, 0.2) is 34.8 Å². The summed E-state index contributed by atoms with van der Waals surface area (Å²) in [5, 5.41) is 20.0. The highest BCUT2D eigenvalue weighted by atomic mass is 79.9. The lowest BCUT2D eigenvalue weighted by atomic mass is 10.2. The maximum absolute atomic E-state index is 9.06. The van der Waals surface area contributed by atoms with Gasteiger partial charge in [-0.1, -0.05) is 33.6 Å². The monoisotopic (exact) mass is 339 g/mol. The lowest BCUT2D eigenvalue weighted by Crippen LogP contribution is -2.00. The molecule has 0 fully saturated rings. The number of halogens is 2. The molecule has 0 saturated carbocycles. The Morgan fingerprint density at radius 1 is 1.42 bits per heavy atom. The fourth-order valence-electron chi connectivity index (χ4n) is 1.61. The summed E-state index contributed by atoms with van der Waals surface area (Å²) in [6, 6.07) is 8.85. The molecule has 0 spiro atoms. The summed E-state index contributed by atoms with van der Waals surface area (Å²) in [5.74, 6) is 0.587. The second-order valence-electron chi connectivity index (χ2n) is 3.79. The molecule has 98 valence electrons.